The van der Waals surface area contributed by atoms with Gasteiger partial charge >= 0.3 is 0 Å². The first-order valence-electron chi connectivity index (χ1n) is 5.73. The van der Waals surface area contributed by atoms with Crippen molar-refractivity contribution in [2.24, 2.45) is 0 Å². The Balaban J connectivity index is 2.27. The van der Waals surface area contributed by atoms with Crippen LogP contribution in [0, 0.1) is 5.82 Å². The Morgan fingerprint density at radius 1 is 1.25 bits per heavy atom. The first-order valence-corrected chi connectivity index (χ1v) is 5.73. The van der Waals surface area contributed by atoms with Crippen molar-refractivity contribution >= 4 is 5.78 Å². The van der Waals surface area contributed by atoms with Crippen LogP contribution in [0.15, 0.2) is 24.3 Å². The van der Waals surface area contributed by atoms with Crippen molar-refractivity contribution in [1.29, 1.82) is 0 Å². The second-order valence-corrected chi connectivity index (χ2v) is 3.78. The number of rotatable bonds is 7. The predicted molar refractivity (Wildman–Crippen MR) is 63.1 cm³/mol. The molecule has 1 aromatic carbocycles. The maximum absolute atomic E-state index is 12.6. The monoisotopic (exact) mass is 223 g/mol. The van der Waals surface area contributed by atoms with Gasteiger partial charge in [-0.2, -0.15) is 0 Å². The van der Waals surface area contributed by atoms with Gasteiger partial charge < -0.3 is 5.32 Å². The van der Waals surface area contributed by atoms with Crippen LogP contribution < -0.4 is 5.32 Å². The molecule has 1 aromatic rings. The minimum absolute atomic E-state index is 0.0593. The average molecular weight is 223 g/mol. The van der Waals surface area contributed by atoms with Crippen molar-refractivity contribution in [3.8, 4) is 0 Å². The maximum Gasteiger partial charge on any atom is 0.164 e. The van der Waals surface area contributed by atoms with Crippen LogP contribution in [-0.4, -0.2) is 18.9 Å². The summed E-state index contributed by atoms with van der Waals surface area (Å²) in [7, 11) is 0. The fourth-order valence-corrected chi connectivity index (χ4v) is 1.41. The zero-order valence-electron chi connectivity index (χ0n) is 9.63. The minimum atomic E-state index is -0.308. The van der Waals surface area contributed by atoms with Crippen molar-refractivity contribution in [1.82, 2.24) is 5.32 Å². The predicted octanol–water partition coefficient (Wildman–Crippen LogP) is 2.79. The highest BCUT2D eigenvalue weighted by molar-refractivity contribution is 5.96. The normalized spacial score (nSPS) is 10.4. The van der Waals surface area contributed by atoms with Crippen molar-refractivity contribution in [2.45, 2.75) is 26.2 Å². The molecule has 88 valence electrons. The van der Waals surface area contributed by atoms with Crippen LogP contribution in [0.2, 0.25) is 0 Å². The van der Waals surface area contributed by atoms with Gasteiger partial charge in [-0.05, 0) is 37.2 Å². The number of ketones is 1. The molecule has 0 bridgehead atoms. The summed E-state index contributed by atoms with van der Waals surface area (Å²) in [5.41, 5.74) is 0.582. The Morgan fingerprint density at radius 3 is 2.56 bits per heavy atom. The number of Topliss-reactive ketones (excluding diaryl/α,β-unsaturated/α-hetero) is 1. The lowest BCUT2D eigenvalue weighted by Gasteiger charge is -2.03. The van der Waals surface area contributed by atoms with Gasteiger partial charge in [-0.15, -0.1) is 0 Å². The molecule has 0 spiro atoms. The van der Waals surface area contributed by atoms with Gasteiger partial charge in [0.15, 0.2) is 5.78 Å². The van der Waals surface area contributed by atoms with E-state index >= 15 is 0 Å². The summed E-state index contributed by atoms with van der Waals surface area (Å²) in [4.78, 5) is 11.6. The van der Waals surface area contributed by atoms with Gasteiger partial charge in [0.2, 0.25) is 0 Å². The van der Waals surface area contributed by atoms with E-state index in [4.69, 9.17) is 0 Å². The fourth-order valence-electron chi connectivity index (χ4n) is 1.41. The molecular weight excluding hydrogens is 205 g/mol. The average Bonchev–Trinajstić information content (AvgIpc) is 2.29. The van der Waals surface area contributed by atoms with Gasteiger partial charge in [-0.3, -0.25) is 4.79 Å². The molecule has 0 heterocycles. The number of halogens is 1. The third-order valence-corrected chi connectivity index (χ3v) is 2.40. The molecule has 0 saturated carbocycles. The summed E-state index contributed by atoms with van der Waals surface area (Å²) in [5, 5.41) is 3.20. The van der Waals surface area contributed by atoms with Crippen molar-refractivity contribution in [3.05, 3.63) is 35.6 Å². The molecule has 0 radical (unpaired) electrons. The van der Waals surface area contributed by atoms with Crippen LogP contribution in [0.4, 0.5) is 4.39 Å². The molecule has 0 aliphatic heterocycles. The number of benzene rings is 1. The molecule has 0 unspecified atom stereocenters. The van der Waals surface area contributed by atoms with E-state index in [2.05, 4.69) is 12.2 Å². The molecule has 0 aliphatic carbocycles. The third kappa shape index (κ3) is 4.53. The molecule has 0 amide bonds. The summed E-state index contributed by atoms with van der Waals surface area (Å²) < 4.78 is 12.6. The smallest absolute Gasteiger partial charge is 0.164 e. The maximum atomic E-state index is 12.6. The Morgan fingerprint density at radius 2 is 1.94 bits per heavy atom. The van der Waals surface area contributed by atoms with Crippen LogP contribution in [0.3, 0.4) is 0 Å². The van der Waals surface area contributed by atoms with Crippen molar-refractivity contribution in [3.63, 3.8) is 0 Å². The third-order valence-electron chi connectivity index (χ3n) is 2.40. The standard InChI is InChI=1S/C13H18FNO/c1-2-3-9-15-10-8-13(16)11-4-6-12(14)7-5-11/h4-7,15H,2-3,8-10H2,1H3. The molecule has 16 heavy (non-hydrogen) atoms. The summed E-state index contributed by atoms with van der Waals surface area (Å²) in [6.07, 6.45) is 2.75. The van der Waals surface area contributed by atoms with E-state index in [1.807, 2.05) is 0 Å². The Bertz CT molecular complexity index is 321. The molecule has 0 atom stereocenters. The molecule has 1 rings (SSSR count). The second-order valence-electron chi connectivity index (χ2n) is 3.78. The number of carbonyl (C=O) groups excluding carboxylic acids is 1. The summed E-state index contributed by atoms with van der Waals surface area (Å²) in [5.74, 6) is -0.249. The lowest BCUT2D eigenvalue weighted by Crippen LogP contribution is -2.19. The van der Waals surface area contributed by atoms with Crippen LogP contribution in [0.5, 0.6) is 0 Å². The molecule has 0 saturated heterocycles. The van der Waals surface area contributed by atoms with E-state index in [0.29, 0.717) is 18.5 Å². The Labute approximate surface area is 95.9 Å². The quantitative estimate of drug-likeness (QED) is 0.569. The minimum Gasteiger partial charge on any atom is -0.316 e. The van der Waals surface area contributed by atoms with Gasteiger partial charge in [-0.25, -0.2) is 4.39 Å². The Hall–Kier alpha value is -1.22. The largest absolute Gasteiger partial charge is 0.316 e. The van der Waals surface area contributed by atoms with E-state index < -0.39 is 0 Å². The van der Waals surface area contributed by atoms with Crippen molar-refractivity contribution in [2.75, 3.05) is 13.1 Å². The van der Waals surface area contributed by atoms with E-state index in [1.54, 1.807) is 0 Å². The number of nitrogens with one attached hydrogen (secondary N) is 1. The molecule has 1 N–H and O–H groups in total. The van der Waals surface area contributed by atoms with Gasteiger partial charge in [0.1, 0.15) is 5.82 Å². The van der Waals surface area contributed by atoms with Gasteiger partial charge in [-0.1, -0.05) is 13.3 Å². The van der Waals surface area contributed by atoms with Crippen LogP contribution in [0.25, 0.3) is 0 Å². The molecular formula is C13H18FNO. The van der Waals surface area contributed by atoms with E-state index in [-0.39, 0.29) is 11.6 Å². The first-order chi connectivity index (χ1) is 7.74. The van der Waals surface area contributed by atoms with Crippen molar-refractivity contribution < 1.29 is 9.18 Å². The van der Waals surface area contributed by atoms with Gasteiger partial charge in [0.25, 0.3) is 0 Å². The number of hydrogen-bond donors (Lipinski definition) is 1. The second kappa shape index (κ2) is 7.12. The van der Waals surface area contributed by atoms with Crippen LogP contribution in [0.1, 0.15) is 36.5 Å². The zero-order valence-corrected chi connectivity index (χ0v) is 9.63. The summed E-state index contributed by atoms with van der Waals surface area (Å²) in [6, 6.07) is 5.70. The molecule has 3 heteroatoms. The number of hydrogen-bond acceptors (Lipinski definition) is 2. The summed E-state index contributed by atoms with van der Waals surface area (Å²) >= 11 is 0. The topological polar surface area (TPSA) is 29.1 Å². The van der Waals surface area contributed by atoms with Crippen LogP contribution >= 0.6 is 0 Å². The lowest BCUT2D eigenvalue weighted by molar-refractivity contribution is 0.0982. The highest BCUT2D eigenvalue weighted by atomic mass is 19.1. The fraction of sp³-hybridized carbons (Fsp3) is 0.462. The highest BCUT2D eigenvalue weighted by Gasteiger charge is 2.04. The number of carbonyl (C=O) groups is 1. The highest BCUT2D eigenvalue weighted by Crippen LogP contribution is 2.05. The molecule has 0 aromatic heterocycles. The number of unbranched alkanes of at least 4 members (excludes halogenated alkanes) is 1. The molecule has 2 nitrogen and oxygen atoms in total. The Kier molecular flexibility index (Phi) is 5.72. The summed E-state index contributed by atoms with van der Waals surface area (Å²) in [6.45, 7) is 3.77. The molecule has 0 fully saturated rings. The zero-order chi connectivity index (χ0) is 11.8. The van der Waals surface area contributed by atoms with Crippen LogP contribution in [-0.2, 0) is 0 Å². The lowest BCUT2D eigenvalue weighted by atomic mass is 10.1. The first kappa shape index (κ1) is 12.8. The SMILES string of the molecule is CCCCNCCC(=O)c1ccc(F)cc1. The van der Waals surface area contributed by atoms with Gasteiger partial charge in [0, 0.05) is 18.5 Å². The van der Waals surface area contributed by atoms with E-state index in [0.717, 1.165) is 19.4 Å². The van der Waals surface area contributed by atoms with Gasteiger partial charge in [0.05, 0.1) is 0 Å². The molecule has 0 aliphatic rings. The van der Waals surface area contributed by atoms with E-state index in [9.17, 15) is 9.18 Å². The van der Waals surface area contributed by atoms with E-state index in [1.165, 1.54) is 24.3 Å².